The van der Waals surface area contributed by atoms with Crippen molar-refractivity contribution in [2.75, 3.05) is 27.7 Å². The van der Waals surface area contributed by atoms with Gasteiger partial charge in [0.1, 0.15) is 0 Å². The fraction of sp³-hybridized carbons (Fsp3) is 1.00. The highest BCUT2D eigenvalue weighted by Crippen LogP contribution is 2.15. The van der Waals surface area contributed by atoms with Gasteiger partial charge >= 0.3 is 0 Å². The van der Waals surface area contributed by atoms with Gasteiger partial charge in [0.15, 0.2) is 0 Å². The molecule has 2 heteroatoms. The van der Waals surface area contributed by atoms with Gasteiger partial charge in [0, 0.05) is 0 Å². The van der Waals surface area contributed by atoms with Gasteiger partial charge in [0.25, 0.3) is 0 Å². The summed E-state index contributed by atoms with van der Waals surface area (Å²) in [5.41, 5.74) is 0. The molecule has 0 aromatic rings. The van der Waals surface area contributed by atoms with Crippen LogP contribution in [0.4, 0.5) is 0 Å². The molecule has 0 saturated carbocycles. The molecule has 0 spiro atoms. The third-order valence-corrected chi connectivity index (χ3v) is 2.08. The van der Waals surface area contributed by atoms with Gasteiger partial charge in [0.05, 0.1) is 6.17 Å². The Kier molecular flexibility index (Phi) is 2.09. The van der Waals surface area contributed by atoms with Crippen molar-refractivity contribution in [2.45, 2.75) is 19.0 Å². The minimum absolute atomic E-state index is 0.699. The number of likely N-dealkylation sites (tertiary alicyclic amines) is 1. The Bertz CT molecular complexity index is 90.9. The standard InChI is InChI=1S/C7H16N2/c1-8(2)7-5-4-6-9(7)3/h7H,4-6H2,1-3H3/t7-/m0/s1. The van der Waals surface area contributed by atoms with Crippen LogP contribution in [0.25, 0.3) is 0 Å². The molecule has 1 fully saturated rings. The number of rotatable bonds is 1. The summed E-state index contributed by atoms with van der Waals surface area (Å²) in [6, 6.07) is 0. The van der Waals surface area contributed by atoms with Gasteiger partial charge in [-0.05, 0) is 40.5 Å². The molecule has 2 nitrogen and oxygen atoms in total. The molecule has 0 unspecified atom stereocenters. The lowest BCUT2D eigenvalue weighted by Crippen LogP contribution is -2.37. The molecule has 0 aromatic carbocycles. The summed E-state index contributed by atoms with van der Waals surface area (Å²) in [5.74, 6) is 0. The fourth-order valence-electron chi connectivity index (χ4n) is 1.55. The van der Waals surface area contributed by atoms with Crippen molar-refractivity contribution in [1.82, 2.24) is 9.80 Å². The Labute approximate surface area is 57.4 Å². The average Bonchev–Trinajstić information content (AvgIpc) is 2.13. The van der Waals surface area contributed by atoms with E-state index >= 15 is 0 Å². The molecule has 9 heavy (non-hydrogen) atoms. The van der Waals surface area contributed by atoms with Gasteiger partial charge in [-0.3, -0.25) is 9.80 Å². The summed E-state index contributed by atoms with van der Waals surface area (Å²) in [5, 5.41) is 0. The van der Waals surface area contributed by atoms with Crippen LogP contribution >= 0.6 is 0 Å². The molecule has 54 valence electrons. The predicted molar refractivity (Wildman–Crippen MR) is 39.3 cm³/mol. The summed E-state index contributed by atoms with van der Waals surface area (Å²) in [6.07, 6.45) is 3.40. The van der Waals surface area contributed by atoms with E-state index in [2.05, 4.69) is 30.9 Å². The third kappa shape index (κ3) is 1.43. The van der Waals surface area contributed by atoms with Crippen LogP contribution < -0.4 is 0 Å². The minimum atomic E-state index is 0.699. The second-order valence-electron chi connectivity index (χ2n) is 3.07. The van der Waals surface area contributed by atoms with Crippen LogP contribution in [0.1, 0.15) is 12.8 Å². The van der Waals surface area contributed by atoms with Crippen LogP contribution in [0, 0.1) is 0 Å². The van der Waals surface area contributed by atoms with E-state index in [9.17, 15) is 0 Å². The maximum Gasteiger partial charge on any atom is 0.0615 e. The summed E-state index contributed by atoms with van der Waals surface area (Å²) in [4.78, 5) is 4.69. The van der Waals surface area contributed by atoms with Gasteiger partial charge in [-0.15, -0.1) is 0 Å². The molecule has 1 saturated heterocycles. The fourth-order valence-corrected chi connectivity index (χ4v) is 1.55. The molecular weight excluding hydrogens is 112 g/mol. The molecule has 1 aliphatic heterocycles. The second kappa shape index (κ2) is 2.67. The highest BCUT2D eigenvalue weighted by molar-refractivity contribution is 4.73. The van der Waals surface area contributed by atoms with E-state index in [1.807, 2.05) is 0 Å². The first-order valence-electron chi connectivity index (χ1n) is 3.58. The van der Waals surface area contributed by atoms with Crippen molar-refractivity contribution in [2.24, 2.45) is 0 Å². The summed E-state index contributed by atoms with van der Waals surface area (Å²) in [7, 11) is 6.48. The zero-order valence-corrected chi connectivity index (χ0v) is 6.59. The topological polar surface area (TPSA) is 6.48 Å². The van der Waals surface area contributed by atoms with E-state index in [4.69, 9.17) is 0 Å². The van der Waals surface area contributed by atoms with Crippen LogP contribution in [0.3, 0.4) is 0 Å². The molecule has 0 aromatic heterocycles. The zero-order chi connectivity index (χ0) is 6.85. The lowest BCUT2D eigenvalue weighted by Gasteiger charge is -2.25. The number of hydrogen-bond acceptors (Lipinski definition) is 2. The van der Waals surface area contributed by atoms with Crippen molar-refractivity contribution in [3.05, 3.63) is 0 Å². The SMILES string of the molecule is CN(C)[C@@H]1CCCN1C. The molecule has 0 aliphatic carbocycles. The van der Waals surface area contributed by atoms with Gasteiger partial charge in [0.2, 0.25) is 0 Å². The Balaban J connectivity index is 2.40. The lowest BCUT2D eigenvalue weighted by atomic mass is 10.3. The largest absolute Gasteiger partial charge is 0.294 e. The Morgan fingerprint density at radius 1 is 1.44 bits per heavy atom. The first-order chi connectivity index (χ1) is 4.22. The van der Waals surface area contributed by atoms with Crippen molar-refractivity contribution in [3.63, 3.8) is 0 Å². The highest BCUT2D eigenvalue weighted by Gasteiger charge is 2.21. The highest BCUT2D eigenvalue weighted by atomic mass is 15.3. The average molecular weight is 128 g/mol. The third-order valence-electron chi connectivity index (χ3n) is 2.08. The van der Waals surface area contributed by atoms with Crippen LogP contribution in [0.15, 0.2) is 0 Å². The van der Waals surface area contributed by atoms with Crippen molar-refractivity contribution < 1.29 is 0 Å². The van der Waals surface area contributed by atoms with E-state index < -0.39 is 0 Å². The normalized spacial score (nSPS) is 30.0. The molecular formula is C7H16N2. The Morgan fingerprint density at radius 3 is 2.33 bits per heavy atom. The van der Waals surface area contributed by atoms with Crippen LogP contribution in [-0.2, 0) is 0 Å². The van der Waals surface area contributed by atoms with Crippen molar-refractivity contribution in [1.29, 1.82) is 0 Å². The van der Waals surface area contributed by atoms with Crippen molar-refractivity contribution >= 4 is 0 Å². The zero-order valence-electron chi connectivity index (χ0n) is 6.59. The Hall–Kier alpha value is -0.0800. The predicted octanol–water partition coefficient (Wildman–Crippen LogP) is 0.600. The van der Waals surface area contributed by atoms with E-state index in [-0.39, 0.29) is 0 Å². The summed E-state index contributed by atoms with van der Waals surface area (Å²) < 4.78 is 0. The molecule has 0 amide bonds. The molecule has 1 aliphatic rings. The van der Waals surface area contributed by atoms with Gasteiger partial charge in [-0.25, -0.2) is 0 Å². The first-order valence-corrected chi connectivity index (χ1v) is 3.58. The molecule has 1 heterocycles. The number of nitrogens with zero attached hydrogens (tertiary/aromatic N) is 2. The summed E-state index contributed by atoms with van der Waals surface area (Å²) in [6.45, 7) is 1.27. The van der Waals surface area contributed by atoms with Gasteiger partial charge < -0.3 is 0 Å². The van der Waals surface area contributed by atoms with Crippen LogP contribution in [-0.4, -0.2) is 43.7 Å². The molecule has 0 N–H and O–H groups in total. The minimum Gasteiger partial charge on any atom is -0.294 e. The van der Waals surface area contributed by atoms with Crippen LogP contribution in [0.2, 0.25) is 0 Å². The van der Waals surface area contributed by atoms with Crippen LogP contribution in [0.5, 0.6) is 0 Å². The van der Waals surface area contributed by atoms with Gasteiger partial charge in [-0.1, -0.05) is 0 Å². The van der Waals surface area contributed by atoms with Gasteiger partial charge in [-0.2, -0.15) is 0 Å². The molecule has 1 atom stereocenters. The maximum absolute atomic E-state index is 2.40. The maximum atomic E-state index is 2.40. The van der Waals surface area contributed by atoms with Crippen molar-refractivity contribution in [3.8, 4) is 0 Å². The second-order valence-corrected chi connectivity index (χ2v) is 3.07. The smallest absolute Gasteiger partial charge is 0.0615 e. The number of hydrogen-bond donors (Lipinski definition) is 0. The van der Waals surface area contributed by atoms with E-state index in [1.54, 1.807) is 0 Å². The quantitative estimate of drug-likeness (QED) is 0.510. The van der Waals surface area contributed by atoms with E-state index in [0.717, 1.165) is 0 Å². The molecule has 0 bridgehead atoms. The monoisotopic (exact) mass is 128 g/mol. The first kappa shape index (κ1) is 7.03. The lowest BCUT2D eigenvalue weighted by molar-refractivity contribution is 0.147. The van der Waals surface area contributed by atoms with E-state index in [1.165, 1.54) is 19.4 Å². The Morgan fingerprint density at radius 2 is 2.11 bits per heavy atom. The molecule has 1 rings (SSSR count). The summed E-state index contributed by atoms with van der Waals surface area (Å²) >= 11 is 0. The molecule has 0 radical (unpaired) electrons. The van der Waals surface area contributed by atoms with E-state index in [0.29, 0.717) is 6.17 Å².